The Kier molecular flexibility index (Phi) is 4.39. The Morgan fingerprint density at radius 3 is 2.54 bits per heavy atom. The van der Waals surface area contributed by atoms with Gasteiger partial charge in [0.2, 0.25) is 0 Å². The molecule has 0 saturated heterocycles. The molecular formula is C9H10ClFN2. The molecule has 1 aromatic carbocycles. The third-order valence-electron chi connectivity index (χ3n) is 1.57. The smallest absolute Gasteiger partial charge is 0.124 e. The van der Waals surface area contributed by atoms with E-state index in [-0.39, 0.29) is 18.4 Å². The minimum absolute atomic E-state index is 0. The van der Waals surface area contributed by atoms with Gasteiger partial charge in [0.15, 0.2) is 0 Å². The van der Waals surface area contributed by atoms with Gasteiger partial charge >= 0.3 is 0 Å². The van der Waals surface area contributed by atoms with Crippen molar-refractivity contribution in [1.29, 1.82) is 5.26 Å². The van der Waals surface area contributed by atoms with E-state index in [1.807, 2.05) is 6.07 Å². The van der Waals surface area contributed by atoms with Gasteiger partial charge < -0.3 is 5.73 Å². The second-order valence-corrected chi connectivity index (χ2v) is 2.67. The van der Waals surface area contributed by atoms with Crippen LogP contribution >= 0.6 is 12.4 Å². The van der Waals surface area contributed by atoms with E-state index in [0.717, 1.165) is 0 Å². The summed E-state index contributed by atoms with van der Waals surface area (Å²) in [6, 6.07) is 5.74. The Bertz CT molecular complexity index is 331. The molecule has 2 N–H and O–H groups in total. The molecule has 1 atom stereocenters. The lowest BCUT2D eigenvalue weighted by atomic mass is 10.1. The summed E-state index contributed by atoms with van der Waals surface area (Å²) < 4.78 is 12.8. The Labute approximate surface area is 82.6 Å². The Balaban J connectivity index is 0.00000144. The Morgan fingerprint density at radius 1 is 1.46 bits per heavy atom. The van der Waals surface area contributed by atoms with Crippen LogP contribution in [-0.4, -0.2) is 0 Å². The van der Waals surface area contributed by atoms with E-state index in [1.54, 1.807) is 13.0 Å². The third kappa shape index (κ3) is 3.02. The fourth-order valence-electron chi connectivity index (χ4n) is 0.940. The summed E-state index contributed by atoms with van der Waals surface area (Å²) in [6.45, 7) is 1.75. The van der Waals surface area contributed by atoms with Crippen LogP contribution in [0.3, 0.4) is 0 Å². The average molecular weight is 201 g/mol. The van der Waals surface area contributed by atoms with Crippen LogP contribution in [0.2, 0.25) is 0 Å². The summed E-state index contributed by atoms with van der Waals surface area (Å²) in [4.78, 5) is 0. The van der Waals surface area contributed by atoms with Crippen LogP contribution in [0.15, 0.2) is 18.2 Å². The quantitative estimate of drug-likeness (QED) is 0.755. The van der Waals surface area contributed by atoms with Crippen molar-refractivity contribution in [3.8, 4) is 6.07 Å². The fourth-order valence-corrected chi connectivity index (χ4v) is 0.940. The van der Waals surface area contributed by atoms with Gasteiger partial charge in [-0.15, -0.1) is 12.4 Å². The molecule has 1 aromatic rings. The Morgan fingerprint density at radius 2 is 2.08 bits per heavy atom. The summed E-state index contributed by atoms with van der Waals surface area (Å²) in [6.07, 6.45) is 0. The molecule has 0 saturated carbocycles. The molecule has 0 radical (unpaired) electrons. The number of halogens is 2. The van der Waals surface area contributed by atoms with E-state index >= 15 is 0 Å². The molecule has 0 aliphatic carbocycles. The first-order valence-electron chi connectivity index (χ1n) is 3.59. The molecule has 0 aliphatic rings. The number of hydrogen-bond donors (Lipinski definition) is 1. The van der Waals surface area contributed by atoms with Crippen LogP contribution in [0, 0.1) is 17.1 Å². The van der Waals surface area contributed by atoms with E-state index in [9.17, 15) is 4.39 Å². The van der Waals surface area contributed by atoms with E-state index < -0.39 is 5.82 Å². The zero-order valence-electron chi connectivity index (χ0n) is 7.12. The highest BCUT2D eigenvalue weighted by Crippen LogP contribution is 2.13. The highest BCUT2D eigenvalue weighted by Gasteiger charge is 2.03. The molecule has 0 aromatic heterocycles. The maximum atomic E-state index is 12.8. The first-order valence-corrected chi connectivity index (χ1v) is 3.59. The Hall–Kier alpha value is -1.11. The number of nitriles is 1. The summed E-state index contributed by atoms with van der Waals surface area (Å²) in [7, 11) is 0. The van der Waals surface area contributed by atoms with Crippen molar-refractivity contribution in [1.82, 2.24) is 0 Å². The van der Waals surface area contributed by atoms with Crippen molar-refractivity contribution < 1.29 is 4.39 Å². The summed E-state index contributed by atoms with van der Waals surface area (Å²) >= 11 is 0. The van der Waals surface area contributed by atoms with Crippen LogP contribution in [-0.2, 0) is 0 Å². The standard InChI is InChI=1S/C9H9FN2.ClH/c1-6(12)8-2-7(5-11)3-9(10)4-8;/h2-4,6H,12H2,1H3;1H. The highest BCUT2D eigenvalue weighted by atomic mass is 35.5. The van der Waals surface area contributed by atoms with Crippen LogP contribution in [0.25, 0.3) is 0 Å². The molecule has 0 amide bonds. The van der Waals surface area contributed by atoms with Gasteiger partial charge in [-0.3, -0.25) is 0 Å². The minimum Gasteiger partial charge on any atom is -0.324 e. The van der Waals surface area contributed by atoms with Gasteiger partial charge in [0.25, 0.3) is 0 Å². The van der Waals surface area contributed by atoms with E-state index in [2.05, 4.69) is 0 Å². The maximum absolute atomic E-state index is 12.8. The monoisotopic (exact) mass is 200 g/mol. The molecule has 0 heterocycles. The molecule has 13 heavy (non-hydrogen) atoms. The second-order valence-electron chi connectivity index (χ2n) is 2.67. The van der Waals surface area contributed by atoms with Crippen LogP contribution in [0.4, 0.5) is 4.39 Å². The number of nitrogens with two attached hydrogens (primary N) is 1. The molecule has 70 valence electrons. The molecule has 0 bridgehead atoms. The van der Waals surface area contributed by atoms with Crippen molar-refractivity contribution >= 4 is 12.4 Å². The zero-order chi connectivity index (χ0) is 9.14. The van der Waals surface area contributed by atoms with E-state index in [1.165, 1.54) is 12.1 Å². The van der Waals surface area contributed by atoms with Crippen molar-refractivity contribution in [3.63, 3.8) is 0 Å². The predicted octanol–water partition coefficient (Wildman–Crippen LogP) is 2.14. The van der Waals surface area contributed by atoms with Crippen molar-refractivity contribution in [3.05, 3.63) is 35.1 Å². The van der Waals surface area contributed by atoms with Crippen LogP contribution in [0.1, 0.15) is 24.1 Å². The molecule has 1 unspecified atom stereocenters. The van der Waals surface area contributed by atoms with Gasteiger partial charge in [-0.1, -0.05) is 0 Å². The minimum atomic E-state index is -0.415. The predicted molar refractivity (Wildman–Crippen MR) is 51.0 cm³/mol. The van der Waals surface area contributed by atoms with Gasteiger partial charge in [-0.2, -0.15) is 5.26 Å². The lowest BCUT2D eigenvalue weighted by Gasteiger charge is -2.05. The number of rotatable bonds is 1. The molecule has 4 heteroatoms. The summed E-state index contributed by atoms with van der Waals surface area (Å²) in [5.41, 5.74) is 6.48. The topological polar surface area (TPSA) is 49.8 Å². The lowest BCUT2D eigenvalue weighted by Crippen LogP contribution is -2.05. The van der Waals surface area contributed by atoms with Gasteiger partial charge in [-0.25, -0.2) is 4.39 Å². The number of hydrogen-bond acceptors (Lipinski definition) is 2. The zero-order valence-corrected chi connectivity index (χ0v) is 7.94. The second kappa shape index (κ2) is 4.80. The molecule has 1 rings (SSSR count). The number of benzene rings is 1. The number of nitrogens with zero attached hydrogens (tertiary/aromatic N) is 1. The van der Waals surface area contributed by atoms with Crippen molar-refractivity contribution in [2.75, 3.05) is 0 Å². The van der Waals surface area contributed by atoms with Crippen molar-refractivity contribution in [2.45, 2.75) is 13.0 Å². The average Bonchev–Trinajstić information content (AvgIpc) is 2.03. The third-order valence-corrected chi connectivity index (χ3v) is 1.57. The SMILES string of the molecule is CC(N)c1cc(F)cc(C#N)c1.Cl. The molecule has 0 spiro atoms. The van der Waals surface area contributed by atoms with E-state index in [0.29, 0.717) is 11.1 Å². The van der Waals surface area contributed by atoms with Crippen molar-refractivity contribution in [2.24, 2.45) is 5.73 Å². The maximum Gasteiger partial charge on any atom is 0.124 e. The van der Waals surface area contributed by atoms with Gasteiger partial charge in [0.05, 0.1) is 11.6 Å². The molecule has 0 fully saturated rings. The molecule has 2 nitrogen and oxygen atoms in total. The lowest BCUT2D eigenvalue weighted by molar-refractivity contribution is 0.622. The van der Waals surface area contributed by atoms with Gasteiger partial charge in [0, 0.05) is 6.04 Å². The van der Waals surface area contributed by atoms with Gasteiger partial charge in [0.1, 0.15) is 5.82 Å². The molecular weight excluding hydrogens is 191 g/mol. The fraction of sp³-hybridized carbons (Fsp3) is 0.222. The van der Waals surface area contributed by atoms with Crippen LogP contribution < -0.4 is 5.73 Å². The van der Waals surface area contributed by atoms with E-state index in [4.69, 9.17) is 11.0 Å². The summed E-state index contributed by atoms with van der Waals surface area (Å²) in [5.74, 6) is -0.415. The molecule has 0 aliphatic heterocycles. The first kappa shape index (κ1) is 11.9. The van der Waals surface area contributed by atoms with Crippen LogP contribution in [0.5, 0.6) is 0 Å². The largest absolute Gasteiger partial charge is 0.324 e. The van der Waals surface area contributed by atoms with Gasteiger partial charge in [-0.05, 0) is 30.7 Å². The highest BCUT2D eigenvalue weighted by molar-refractivity contribution is 5.85. The first-order chi connectivity index (χ1) is 5.63. The normalized spacial score (nSPS) is 11.2. The summed E-state index contributed by atoms with van der Waals surface area (Å²) in [5, 5.41) is 8.51.